The highest BCUT2D eigenvalue weighted by atomic mass is 19.4. The molecule has 0 amide bonds. The molecule has 168 valence electrons. The first-order valence-corrected chi connectivity index (χ1v) is 11.4. The Hall–Kier alpha value is -1.85. The van der Waals surface area contributed by atoms with Crippen molar-refractivity contribution in [3.8, 4) is 0 Å². The summed E-state index contributed by atoms with van der Waals surface area (Å²) < 4.78 is 46.6. The van der Waals surface area contributed by atoms with Crippen LogP contribution >= 0.6 is 0 Å². The van der Waals surface area contributed by atoms with E-state index in [2.05, 4.69) is 36.5 Å². The number of hydrogen-bond acceptors (Lipinski definition) is 2. The number of rotatable bonds is 6. The van der Waals surface area contributed by atoms with Crippen LogP contribution in [0.2, 0.25) is 0 Å². The van der Waals surface area contributed by atoms with Gasteiger partial charge in [0.25, 0.3) is 0 Å². The maximum Gasteiger partial charge on any atom is 0.416 e. The zero-order valence-electron chi connectivity index (χ0n) is 18.2. The highest BCUT2D eigenvalue weighted by molar-refractivity contribution is 5.33. The molecule has 0 aromatic heterocycles. The summed E-state index contributed by atoms with van der Waals surface area (Å²) in [5.74, 6) is 0. The summed E-state index contributed by atoms with van der Waals surface area (Å²) in [5, 5.41) is 3.53. The number of ether oxygens (including phenoxy) is 1. The molecule has 2 nitrogen and oxygen atoms in total. The Kier molecular flexibility index (Phi) is 6.45. The zero-order valence-corrected chi connectivity index (χ0v) is 18.2. The normalized spacial score (nSPS) is 23.4. The lowest BCUT2D eigenvalue weighted by atomic mass is 9.66. The largest absolute Gasteiger partial charge is 0.416 e. The number of nitrogens with one attached hydrogen (secondary N) is 1. The van der Waals surface area contributed by atoms with E-state index < -0.39 is 11.7 Å². The maximum absolute atomic E-state index is 13.4. The van der Waals surface area contributed by atoms with Crippen molar-refractivity contribution >= 4 is 0 Å². The van der Waals surface area contributed by atoms with Gasteiger partial charge >= 0.3 is 6.18 Å². The maximum atomic E-state index is 13.4. The quantitative estimate of drug-likeness (QED) is 0.523. The van der Waals surface area contributed by atoms with Crippen LogP contribution in [0.15, 0.2) is 48.5 Å². The molecule has 1 aliphatic carbocycles. The fraction of sp³-hybridized carbons (Fsp3) is 0.538. The first-order chi connectivity index (χ1) is 14.8. The van der Waals surface area contributed by atoms with E-state index in [0.717, 1.165) is 63.6 Å². The topological polar surface area (TPSA) is 21.3 Å². The summed E-state index contributed by atoms with van der Waals surface area (Å²) >= 11 is 0. The van der Waals surface area contributed by atoms with Gasteiger partial charge in [-0.05, 0) is 62.8 Å². The molecule has 1 saturated carbocycles. The fourth-order valence-corrected chi connectivity index (χ4v) is 5.57. The smallest absolute Gasteiger partial charge is 0.375 e. The minimum Gasteiger partial charge on any atom is -0.375 e. The van der Waals surface area contributed by atoms with Crippen molar-refractivity contribution in [3.05, 3.63) is 70.8 Å². The van der Waals surface area contributed by atoms with Gasteiger partial charge in [0.05, 0.1) is 11.2 Å². The predicted octanol–water partition coefficient (Wildman–Crippen LogP) is 6.55. The third-order valence-corrected chi connectivity index (χ3v) is 7.16. The van der Waals surface area contributed by atoms with E-state index in [1.807, 2.05) is 6.07 Å². The van der Waals surface area contributed by atoms with Crippen molar-refractivity contribution in [3.63, 3.8) is 0 Å². The number of benzene rings is 2. The van der Waals surface area contributed by atoms with Gasteiger partial charge in [-0.3, -0.25) is 0 Å². The molecule has 2 aliphatic rings. The lowest BCUT2D eigenvalue weighted by Gasteiger charge is -2.47. The molecule has 2 aromatic carbocycles. The summed E-state index contributed by atoms with van der Waals surface area (Å²) in [6.45, 7) is 4.23. The van der Waals surface area contributed by atoms with Crippen molar-refractivity contribution in [2.24, 2.45) is 0 Å². The number of halogens is 3. The van der Waals surface area contributed by atoms with Gasteiger partial charge in [-0.25, -0.2) is 0 Å². The van der Waals surface area contributed by atoms with Crippen LogP contribution in [-0.2, 0) is 22.9 Å². The molecular formula is C26H32F3NO. The molecule has 0 unspecified atom stereocenters. The summed E-state index contributed by atoms with van der Waals surface area (Å²) in [6.07, 6.45) is 2.39. The lowest BCUT2D eigenvalue weighted by molar-refractivity contribution is -0.137. The Bertz CT molecular complexity index is 888. The minimum atomic E-state index is -4.32. The Morgan fingerprint density at radius 1 is 1.00 bits per heavy atom. The van der Waals surface area contributed by atoms with Crippen LogP contribution in [0.4, 0.5) is 13.2 Å². The van der Waals surface area contributed by atoms with E-state index in [9.17, 15) is 13.2 Å². The molecule has 5 heteroatoms. The molecular weight excluding hydrogens is 399 g/mol. The molecule has 1 atom stereocenters. The number of hydrogen-bond donors (Lipinski definition) is 1. The Labute approximate surface area is 183 Å². The molecule has 1 aliphatic heterocycles. The molecule has 31 heavy (non-hydrogen) atoms. The van der Waals surface area contributed by atoms with E-state index in [1.165, 1.54) is 23.3 Å². The van der Waals surface area contributed by atoms with Crippen LogP contribution in [0.1, 0.15) is 67.2 Å². The van der Waals surface area contributed by atoms with E-state index >= 15 is 0 Å². The van der Waals surface area contributed by atoms with Crippen molar-refractivity contribution in [2.45, 2.75) is 75.6 Å². The Morgan fingerprint density at radius 3 is 2.52 bits per heavy atom. The van der Waals surface area contributed by atoms with Crippen LogP contribution in [0, 0.1) is 6.92 Å². The van der Waals surface area contributed by atoms with E-state index in [-0.39, 0.29) is 11.0 Å². The summed E-state index contributed by atoms with van der Waals surface area (Å²) in [7, 11) is 0. The second-order valence-corrected chi connectivity index (χ2v) is 9.44. The van der Waals surface area contributed by atoms with Gasteiger partial charge < -0.3 is 10.1 Å². The van der Waals surface area contributed by atoms with Gasteiger partial charge in [0.15, 0.2) is 0 Å². The van der Waals surface area contributed by atoms with E-state index in [1.54, 1.807) is 6.07 Å². The van der Waals surface area contributed by atoms with Crippen LogP contribution in [0.5, 0.6) is 0 Å². The molecule has 4 rings (SSSR count). The molecule has 0 radical (unpaired) electrons. The average molecular weight is 432 g/mol. The third-order valence-electron chi connectivity index (χ3n) is 7.16. The molecule has 2 aromatic rings. The molecule has 1 heterocycles. The standard InChI is InChI=1S/C26H32F3NO/c1-20-6-4-7-21(16-20)18-30-14-12-24(13-15-31-25(19-24)10-2-3-11-25)22-8-5-9-23(17-22)26(27,28)29/h4-9,16-17,30H,2-3,10-15,18-19H2,1H3/t24-/m1/s1. The van der Waals surface area contributed by atoms with Crippen LogP contribution in [0.25, 0.3) is 0 Å². The van der Waals surface area contributed by atoms with Crippen molar-refractivity contribution in [2.75, 3.05) is 13.2 Å². The van der Waals surface area contributed by atoms with Crippen molar-refractivity contribution in [1.82, 2.24) is 5.32 Å². The molecule has 1 spiro atoms. The Balaban J connectivity index is 1.54. The van der Waals surface area contributed by atoms with Crippen molar-refractivity contribution < 1.29 is 17.9 Å². The van der Waals surface area contributed by atoms with Gasteiger partial charge in [-0.2, -0.15) is 13.2 Å². The van der Waals surface area contributed by atoms with Gasteiger partial charge in [0, 0.05) is 18.6 Å². The van der Waals surface area contributed by atoms with Gasteiger partial charge in [0.1, 0.15) is 0 Å². The van der Waals surface area contributed by atoms with Crippen LogP contribution in [-0.4, -0.2) is 18.8 Å². The SMILES string of the molecule is Cc1cccc(CNCC[C@@]2(c3cccc(C(F)(F)F)c3)CCOC3(CCCC3)C2)c1. The first-order valence-electron chi connectivity index (χ1n) is 11.4. The van der Waals surface area contributed by atoms with Crippen LogP contribution in [0.3, 0.4) is 0 Å². The highest BCUT2D eigenvalue weighted by Gasteiger charge is 2.48. The second-order valence-electron chi connectivity index (χ2n) is 9.44. The predicted molar refractivity (Wildman–Crippen MR) is 117 cm³/mol. The highest BCUT2D eigenvalue weighted by Crippen LogP contribution is 2.50. The van der Waals surface area contributed by atoms with Gasteiger partial charge in [-0.1, -0.05) is 60.9 Å². The van der Waals surface area contributed by atoms with Crippen molar-refractivity contribution in [1.29, 1.82) is 0 Å². The van der Waals surface area contributed by atoms with E-state index in [0.29, 0.717) is 6.61 Å². The molecule has 1 saturated heterocycles. The number of aryl methyl sites for hydroxylation is 1. The third kappa shape index (κ3) is 5.15. The summed E-state index contributed by atoms with van der Waals surface area (Å²) in [4.78, 5) is 0. The lowest BCUT2D eigenvalue weighted by Crippen LogP contribution is -2.47. The monoisotopic (exact) mass is 431 g/mol. The van der Waals surface area contributed by atoms with E-state index in [4.69, 9.17) is 4.74 Å². The average Bonchev–Trinajstić information content (AvgIpc) is 3.18. The number of alkyl halides is 3. The molecule has 2 fully saturated rings. The van der Waals surface area contributed by atoms with Gasteiger partial charge in [-0.15, -0.1) is 0 Å². The molecule has 0 bridgehead atoms. The molecule has 1 N–H and O–H groups in total. The van der Waals surface area contributed by atoms with Crippen LogP contribution < -0.4 is 5.32 Å². The zero-order chi connectivity index (χ0) is 22.0. The summed E-state index contributed by atoms with van der Waals surface area (Å²) in [5.41, 5.74) is 2.27. The van der Waals surface area contributed by atoms with Gasteiger partial charge in [0.2, 0.25) is 0 Å². The minimum absolute atomic E-state index is 0.164. The first kappa shape index (κ1) is 22.3. The fourth-order valence-electron chi connectivity index (χ4n) is 5.57. The second kappa shape index (κ2) is 8.95. The Morgan fingerprint density at radius 2 is 1.77 bits per heavy atom. The summed E-state index contributed by atoms with van der Waals surface area (Å²) in [6, 6.07) is 14.4.